The van der Waals surface area contributed by atoms with Crippen molar-refractivity contribution >= 4 is 21.4 Å². The summed E-state index contributed by atoms with van der Waals surface area (Å²) in [5.41, 5.74) is 0. The summed E-state index contributed by atoms with van der Waals surface area (Å²) in [5.74, 6) is 0. The number of unbranched alkanes of at least 4 members (excludes halogenated alkanes) is 1. The van der Waals surface area contributed by atoms with Crippen LogP contribution in [0.15, 0.2) is 16.3 Å². The Morgan fingerprint density at radius 2 is 2.00 bits per heavy atom. The summed E-state index contributed by atoms with van der Waals surface area (Å²) >= 11 is 1.40. The van der Waals surface area contributed by atoms with Crippen molar-refractivity contribution in [3.8, 4) is 0 Å². The first kappa shape index (κ1) is 18.6. The molecular formula is C15H28N2O2S2. The summed E-state index contributed by atoms with van der Waals surface area (Å²) in [5, 5.41) is 3.35. The molecule has 0 saturated heterocycles. The Bertz CT molecular complexity index is 509. The normalized spacial score (nSPS) is 12.5. The summed E-state index contributed by atoms with van der Waals surface area (Å²) in [6.07, 6.45) is 2.78. The SMILES string of the molecule is CCCCN(CC)S(=O)(=O)c1ccc(CCNC(C)C)s1. The van der Waals surface area contributed by atoms with Crippen LogP contribution in [-0.2, 0) is 16.4 Å². The lowest BCUT2D eigenvalue weighted by atomic mass is 10.3. The first-order valence-corrected chi connectivity index (χ1v) is 9.99. The first-order chi connectivity index (χ1) is 9.91. The summed E-state index contributed by atoms with van der Waals surface area (Å²) in [7, 11) is -3.31. The molecule has 1 rings (SSSR count). The minimum absolute atomic E-state index is 0.456. The fourth-order valence-electron chi connectivity index (χ4n) is 2.03. The van der Waals surface area contributed by atoms with E-state index < -0.39 is 10.0 Å². The Morgan fingerprint density at radius 3 is 2.57 bits per heavy atom. The van der Waals surface area contributed by atoms with Crippen LogP contribution in [0.25, 0.3) is 0 Å². The predicted octanol–water partition coefficient (Wildman–Crippen LogP) is 3.10. The molecule has 4 nitrogen and oxygen atoms in total. The van der Waals surface area contributed by atoms with Crippen molar-refractivity contribution in [2.24, 2.45) is 0 Å². The van der Waals surface area contributed by atoms with Gasteiger partial charge in [-0.25, -0.2) is 8.42 Å². The second-order valence-electron chi connectivity index (χ2n) is 5.43. The van der Waals surface area contributed by atoms with E-state index in [1.165, 1.54) is 11.3 Å². The molecule has 0 amide bonds. The summed E-state index contributed by atoms with van der Waals surface area (Å²) in [6.45, 7) is 10.2. The van der Waals surface area contributed by atoms with E-state index in [1.807, 2.05) is 13.0 Å². The van der Waals surface area contributed by atoms with Crippen LogP contribution in [0.5, 0.6) is 0 Å². The lowest BCUT2D eigenvalue weighted by Crippen LogP contribution is -2.31. The Hall–Kier alpha value is -0.430. The molecule has 0 spiro atoms. The highest BCUT2D eigenvalue weighted by Crippen LogP contribution is 2.25. The highest BCUT2D eigenvalue weighted by molar-refractivity contribution is 7.91. The number of hydrogen-bond donors (Lipinski definition) is 1. The monoisotopic (exact) mass is 332 g/mol. The second kappa shape index (κ2) is 8.88. The smallest absolute Gasteiger partial charge is 0.252 e. The van der Waals surface area contributed by atoms with E-state index in [4.69, 9.17) is 0 Å². The van der Waals surface area contributed by atoms with Gasteiger partial charge in [-0.15, -0.1) is 11.3 Å². The van der Waals surface area contributed by atoms with Crippen LogP contribution >= 0.6 is 11.3 Å². The Labute approximate surface area is 133 Å². The molecule has 0 fully saturated rings. The van der Waals surface area contributed by atoms with Gasteiger partial charge >= 0.3 is 0 Å². The zero-order valence-electron chi connectivity index (χ0n) is 13.6. The van der Waals surface area contributed by atoms with Crippen LogP contribution < -0.4 is 5.32 Å². The van der Waals surface area contributed by atoms with E-state index in [1.54, 1.807) is 10.4 Å². The van der Waals surface area contributed by atoms with Gasteiger partial charge in [-0.3, -0.25) is 0 Å². The molecule has 0 aliphatic carbocycles. The fourth-order valence-corrected chi connectivity index (χ4v) is 5.02. The van der Waals surface area contributed by atoms with Crippen molar-refractivity contribution in [1.82, 2.24) is 9.62 Å². The van der Waals surface area contributed by atoms with Crippen LogP contribution in [0.1, 0.15) is 45.4 Å². The average molecular weight is 333 g/mol. The van der Waals surface area contributed by atoms with Crippen molar-refractivity contribution < 1.29 is 8.42 Å². The molecule has 0 radical (unpaired) electrons. The van der Waals surface area contributed by atoms with Gasteiger partial charge in [0.15, 0.2) is 0 Å². The van der Waals surface area contributed by atoms with E-state index >= 15 is 0 Å². The van der Waals surface area contributed by atoms with Crippen molar-refractivity contribution in [2.75, 3.05) is 19.6 Å². The zero-order chi connectivity index (χ0) is 15.9. The molecule has 6 heteroatoms. The number of hydrogen-bond acceptors (Lipinski definition) is 4. The van der Waals surface area contributed by atoms with Crippen molar-refractivity contribution in [2.45, 2.75) is 57.2 Å². The Morgan fingerprint density at radius 1 is 1.29 bits per heavy atom. The molecule has 0 unspecified atom stereocenters. The lowest BCUT2D eigenvalue weighted by molar-refractivity contribution is 0.420. The minimum atomic E-state index is -3.31. The minimum Gasteiger partial charge on any atom is -0.314 e. The van der Waals surface area contributed by atoms with E-state index in [9.17, 15) is 8.42 Å². The third-order valence-corrected chi connectivity index (χ3v) is 6.86. The standard InChI is InChI=1S/C15H28N2O2S2/c1-5-7-12-17(6-2)21(18,19)15-9-8-14(20-15)10-11-16-13(3)4/h8-9,13,16H,5-7,10-12H2,1-4H3. The third kappa shape index (κ3) is 5.70. The van der Waals surface area contributed by atoms with Crippen molar-refractivity contribution in [3.63, 3.8) is 0 Å². The molecule has 0 atom stereocenters. The number of sulfonamides is 1. The van der Waals surface area contributed by atoms with Gasteiger partial charge in [0.25, 0.3) is 10.0 Å². The maximum Gasteiger partial charge on any atom is 0.252 e. The molecule has 1 N–H and O–H groups in total. The first-order valence-electron chi connectivity index (χ1n) is 7.74. The molecule has 21 heavy (non-hydrogen) atoms. The maximum absolute atomic E-state index is 12.6. The molecular weight excluding hydrogens is 304 g/mol. The molecule has 0 aromatic carbocycles. The van der Waals surface area contributed by atoms with Gasteiger partial charge in [0.1, 0.15) is 4.21 Å². The maximum atomic E-state index is 12.6. The number of nitrogens with zero attached hydrogens (tertiary/aromatic N) is 1. The molecule has 0 bridgehead atoms. The Kier molecular flexibility index (Phi) is 7.87. The van der Waals surface area contributed by atoms with Crippen LogP contribution in [0.4, 0.5) is 0 Å². The zero-order valence-corrected chi connectivity index (χ0v) is 15.2. The van der Waals surface area contributed by atoms with Gasteiger partial charge in [-0.05, 0) is 25.0 Å². The van der Waals surface area contributed by atoms with Gasteiger partial charge in [0.05, 0.1) is 0 Å². The fraction of sp³-hybridized carbons (Fsp3) is 0.733. The highest BCUT2D eigenvalue weighted by atomic mass is 32.2. The van der Waals surface area contributed by atoms with E-state index in [-0.39, 0.29) is 0 Å². The Balaban J connectivity index is 2.72. The number of nitrogens with one attached hydrogen (secondary N) is 1. The summed E-state index contributed by atoms with van der Waals surface area (Å²) in [4.78, 5) is 1.12. The predicted molar refractivity (Wildman–Crippen MR) is 90.5 cm³/mol. The molecule has 0 aliphatic rings. The van der Waals surface area contributed by atoms with Gasteiger partial charge in [-0.2, -0.15) is 4.31 Å². The molecule has 1 heterocycles. The summed E-state index contributed by atoms with van der Waals surface area (Å²) < 4.78 is 27.2. The van der Waals surface area contributed by atoms with E-state index in [2.05, 4.69) is 26.1 Å². The van der Waals surface area contributed by atoms with Crippen LogP contribution in [-0.4, -0.2) is 38.4 Å². The molecule has 1 aromatic heterocycles. The van der Waals surface area contributed by atoms with E-state index in [0.29, 0.717) is 23.3 Å². The van der Waals surface area contributed by atoms with Gasteiger partial charge in [0, 0.05) is 30.6 Å². The van der Waals surface area contributed by atoms with Crippen LogP contribution in [0.2, 0.25) is 0 Å². The van der Waals surface area contributed by atoms with Crippen molar-refractivity contribution in [1.29, 1.82) is 0 Å². The number of thiophene rings is 1. The second-order valence-corrected chi connectivity index (χ2v) is 8.76. The average Bonchev–Trinajstić information content (AvgIpc) is 2.88. The van der Waals surface area contributed by atoms with Crippen molar-refractivity contribution in [3.05, 3.63) is 17.0 Å². The topological polar surface area (TPSA) is 49.4 Å². The number of rotatable bonds is 10. The molecule has 0 aliphatic heterocycles. The van der Waals surface area contributed by atoms with Gasteiger partial charge in [-0.1, -0.05) is 34.1 Å². The third-order valence-electron chi connectivity index (χ3n) is 3.27. The van der Waals surface area contributed by atoms with Gasteiger partial charge < -0.3 is 5.32 Å². The molecule has 122 valence electrons. The van der Waals surface area contributed by atoms with Crippen LogP contribution in [0, 0.1) is 0 Å². The highest BCUT2D eigenvalue weighted by Gasteiger charge is 2.24. The molecule has 0 saturated carbocycles. The lowest BCUT2D eigenvalue weighted by Gasteiger charge is -2.18. The molecule has 1 aromatic rings. The largest absolute Gasteiger partial charge is 0.314 e. The van der Waals surface area contributed by atoms with Gasteiger partial charge in [0.2, 0.25) is 0 Å². The van der Waals surface area contributed by atoms with Crippen LogP contribution in [0.3, 0.4) is 0 Å². The quantitative estimate of drug-likeness (QED) is 0.716. The van der Waals surface area contributed by atoms with E-state index in [0.717, 1.165) is 30.7 Å². The summed E-state index contributed by atoms with van der Waals surface area (Å²) in [6, 6.07) is 4.14.